The number of fused-ring (bicyclic) bond motifs is 6. The molecule has 2 aromatic rings. The second-order valence-corrected chi connectivity index (χ2v) is 3.97. The van der Waals surface area contributed by atoms with Crippen molar-refractivity contribution in [1.82, 2.24) is 25.3 Å². The fraction of sp³-hybridized carbons (Fsp3) is 0.0833. The van der Waals surface area contributed by atoms with E-state index in [9.17, 15) is 0 Å². The zero-order valence-corrected chi connectivity index (χ0v) is 9.28. The van der Waals surface area contributed by atoms with Gasteiger partial charge in [-0.3, -0.25) is 24.9 Å². The molecule has 4 rings (SSSR count). The highest BCUT2D eigenvalue weighted by Crippen LogP contribution is 2.34. The van der Waals surface area contributed by atoms with Crippen LogP contribution >= 0.6 is 0 Å². The van der Waals surface area contributed by atoms with Gasteiger partial charge in [0.25, 0.3) is 0 Å². The number of nitrogens with one attached hydrogen (secondary N) is 1. The summed E-state index contributed by atoms with van der Waals surface area (Å²) in [5, 5.41) is 3.24. The van der Waals surface area contributed by atoms with Gasteiger partial charge in [-0.25, -0.2) is 0 Å². The van der Waals surface area contributed by atoms with E-state index in [1.165, 1.54) is 0 Å². The zero-order valence-electron chi connectivity index (χ0n) is 9.28. The minimum absolute atomic E-state index is 0.0945. The highest BCUT2D eigenvalue weighted by atomic mass is 15.0. The van der Waals surface area contributed by atoms with Gasteiger partial charge in [-0.2, -0.15) is 0 Å². The molecule has 6 nitrogen and oxygen atoms in total. The molecule has 1 atom stereocenters. The van der Waals surface area contributed by atoms with E-state index in [1.807, 2.05) is 0 Å². The maximum Gasteiger partial charge on any atom is 0.118 e. The molecule has 3 heterocycles. The van der Waals surface area contributed by atoms with Gasteiger partial charge in [0, 0.05) is 37.2 Å². The Morgan fingerprint density at radius 2 is 1.56 bits per heavy atom. The van der Waals surface area contributed by atoms with Crippen LogP contribution in [0.1, 0.15) is 17.4 Å². The smallest absolute Gasteiger partial charge is 0.118 e. The Hall–Kier alpha value is -2.63. The van der Waals surface area contributed by atoms with Gasteiger partial charge < -0.3 is 5.32 Å². The highest BCUT2D eigenvalue weighted by Gasteiger charge is 2.34. The Kier molecular flexibility index (Phi) is 1.79. The topological polar surface area (TPSA) is 76.0 Å². The minimum Gasteiger partial charge on any atom is -0.376 e. The van der Waals surface area contributed by atoms with Crippen molar-refractivity contribution in [3.05, 3.63) is 48.6 Å². The molecule has 1 aliphatic carbocycles. The van der Waals surface area contributed by atoms with Crippen molar-refractivity contribution in [3.8, 4) is 11.4 Å². The Morgan fingerprint density at radius 3 is 2.44 bits per heavy atom. The Morgan fingerprint density at radius 1 is 0.833 bits per heavy atom. The summed E-state index contributed by atoms with van der Waals surface area (Å²) in [5.74, 6) is 0. The van der Waals surface area contributed by atoms with Crippen LogP contribution in [0.4, 0.5) is 0 Å². The van der Waals surface area contributed by atoms with Gasteiger partial charge in [0.2, 0.25) is 0 Å². The molecule has 0 amide bonds. The Balaban J connectivity index is 2.09. The fourth-order valence-corrected chi connectivity index (χ4v) is 2.26. The third-order valence-corrected chi connectivity index (χ3v) is 2.99. The number of rotatable bonds is 0. The van der Waals surface area contributed by atoms with Gasteiger partial charge >= 0.3 is 0 Å². The van der Waals surface area contributed by atoms with Gasteiger partial charge in [0.1, 0.15) is 23.1 Å². The third-order valence-electron chi connectivity index (χ3n) is 2.99. The van der Waals surface area contributed by atoms with Crippen molar-refractivity contribution in [1.29, 1.82) is 0 Å². The number of hydrogen-bond acceptors (Lipinski definition) is 6. The molecule has 1 aliphatic heterocycles. The van der Waals surface area contributed by atoms with Crippen LogP contribution in [0.2, 0.25) is 0 Å². The quantitative estimate of drug-likeness (QED) is 0.734. The SMILES string of the molecule is C1=CNC2C(=N1)c1nccnc1-c1nccnc12. The number of hydrogen-bond donors (Lipinski definition) is 1. The van der Waals surface area contributed by atoms with Crippen molar-refractivity contribution >= 4 is 5.71 Å². The lowest BCUT2D eigenvalue weighted by Gasteiger charge is -2.27. The molecular formula is C12H8N6. The van der Waals surface area contributed by atoms with Crippen LogP contribution in [-0.2, 0) is 0 Å². The van der Waals surface area contributed by atoms with Gasteiger partial charge in [-0.15, -0.1) is 0 Å². The zero-order chi connectivity index (χ0) is 11.9. The van der Waals surface area contributed by atoms with E-state index in [1.54, 1.807) is 37.2 Å². The van der Waals surface area contributed by atoms with Crippen LogP contribution in [0.15, 0.2) is 42.2 Å². The van der Waals surface area contributed by atoms with E-state index >= 15 is 0 Å². The first-order valence-corrected chi connectivity index (χ1v) is 5.56. The van der Waals surface area contributed by atoms with Gasteiger partial charge in [-0.05, 0) is 0 Å². The van der Waals surface area contributed by atoms with Gasteiger partial charge in [0.05, 0.1) is 11.4 Å². The average molecular weight is 236 g/mol. The van der Waals surface area contributed by atoms with Crippen LogP contribution in [-0.4, -0.2) is 25.6 Å². The molecule has 0 spiro atoms. The number of aliphatic imine (C=N–C) groups is 1. The van der Waals surface area contributed by atoms with Gasteiger partial charge in [0.15, 0.2) is 0 Å². The molecule has 1 unspecified atom stereocenters. The largest absolute Gasteiger partial charge is 0.376 e. The normalized spacial score (nSPS) is 19.1. The molecule has 0 aromatic carbocycles. The molecular weight excluding hydrogens is 228 g/mol. The molecule has 6 heteroatoms. The lowest BCUT2D eigenvalue weighted by Crippen LogP contribution is -2.33. The van der Waals surface area contributed by atoms with Crippen molar-refractivity contribution in [3.63, 3.8) is 0 Å². The fourth-order valence-electron chi connectivity index (χ4n) is 2.26. The standard InChI is InChI=1S/C12H8N6/c1-2-14-8-7(13-1)9-11(17-4-3-15-9)12-10(8)16-5-6-18-12/h1-7,13H. The lowest BCUT2D eigenvalue weighted by molar-refractivity contribution is 0.737. The molecule has 18 heavy (non-hydrogen) atoms. The lowest BCUT2D eigenvalue weighted by atomic mass is 9.93. The molecule has 0 bridgehead atoms. The molecule has 0 fully saturated rings. The van der Waals surface area contributed by atoms with E-state index in [2.05, 4.69) is 30.2 Å². The first-order valence-electron chi connectivity index (χ1n) is 5.56. The average Bonchev–Trinajstić information content (AvgIpc) is 2.48. The molecule has 2 aliphatic rings. The maximum absolute atomic E-state index is 4.39. The summed E-state index contributed by atoms with van der Waals surface area (Å²) >= 11 is 0. The van der Waals surface area contributed by atoms with Gasteiger partial charge in [-0.1, -0.05) is 0 Å². The van der Waals surface area contributed by atoms with Crippen LogP contribution in [0.3, 0.4) is 0 Å². The van der Waals surface area contributed by atoms with Crippen LogP contribution in [0, 0.1) is 0 Å². The highest BCUT2D eigenvalue weighted by molar-refractivity contribution is 6.10. The number of aromatic nitrogens is 4. The number of nitrogens with zero attached hydrogens (tertiary/aromatic N) is 5. The van der Waals surface area contributed by atoms with Crippen molar-refractivity contribution < 1.29 is 0 Å². The Bertz CT molecular complexity index is 690. The molecule has 0 saturated heterocycles. The monoisotopic (exact) mass is 236 g/mol. The summed E-state index contributed by atoms with van der Waals surface area (Å²) in [4.78, 5) is 21.9. The summed E-state index contributed by atoms with van der Waals surface area (Å²) in [5.41, 5.74) is 3.97. The van der Waals surface area contributed by atoms with E-state index in [4.69, 9.17) is 0 Å². The summed E-state index contributed by atoms with van der Waals surface area (Å²) < 4.78 is 0. The van der Waals surface area contributed by atoms with Crippen LogP contribution in [0.5, 0.6) is 0 Å². The molecule has 2 aromatic heterocycles. The molecule has 86 valence electrons. The summed E-state index contributed by atoms with van der Waals surface area (Å²) in [6.07, 6.45) is 10.2. The third kappa shape index (κ3) is 1.14. The van der Waals surface area contributed by atoms with Crippen molar-refractivity contribution in [2.45, 2.75) is 6.04 Å². The van der Waals surface area contributed by atoms with E-state index < -0.39 is 0 Å². The summed E-state index contributed by atoms with van der Waals surface area (Å²) in [6.45, 7) is 0. The molecule has 0 radical (unpaired) electrons. The first-order chi connectivity index (χ1) is 8.95. The minimum atomic E-state index is -0.0945. The maximum atomic E-state index is 4.39. The van der Waals surface area contributed by atoms with Crippen LogP contribution in [0.25, 0.3) is 11.4 Å². The summed E-state index contributed by atoms with van der Waals surface area (Å²) in [7, 11) is 0. The second kappa shape index (κ2) is 3.43. The first kappa shape index (κ1) is 9.41. The molecule has 1 N–H and O–H groups in total. The Labute approximate surface area is 103 Å². The second-order valence-electron chi connectivity index (χ2n) is 3.97. The summed E-state index contributed by atoms with van der Waals surface area (Å²) in [6, 6.07) is -0.0945. The molecule has 0 saturated carbocycles. The van der Waals surface area contributed by atoms with Crippen molar-refractivity contribution in [2.75, 3.05) is 0 Å². The van der Waals surface area contributed by atoms with E-state index in [-0.39, 0.29) is 6.04 Å². The predicted octanol–water partition coefficient (Wildman–Crippen LogP) is 0.852. The van der Waals surface area contributed by atoms with Crippen LogP contribution < -0.4 is 5.32 Å². The van der Waals surface area contributed by atoms with Crippen molar-refractivity contribution in [2.24, 2.45) is 4.99 Å². The predicted molar refractivity (Wildman–Crippen MR) is 64.6 cm³/mol. The van der Waals surface area contributed by atoms with E-state index in [0.29, 0.717) is 0 Å². The van der Waals surface area contributed by atoms with E-state index in [0.717, 1.165) is 28.5 Å².